The Morgan fingerprint density at radius 1 is 1.29 bits per heavy atom. The van der Waals surface area contributed by atoms with E-state index < -0.39 is 11.6 Å². The lowest BCUT2D eigenvalue weighted by Crippen LogP contribution is -2.35. The highest BCUT2D eigenvalue weighted by Gasteiger charge is 2.21. The van der Waals surface area contributed by atoms with Crippen LogP contribution >= 0.6 is 0 Å². The molecule has 1 saturated heterocycles. The first kappa shape index (κ1) is 17.0. The number of nitrogens with one attached hydrogen (secondary N) is 1. The van der Waals surface area contributed by atoms with Gasteiger partial charge >= 0.3 is 0 Å². The highest BCUT2D eigenvalue weighted by molar-refractivity contribution is 5.38. The molecule has 1 atom stereocenters. The van der Waals surface area contributed by atoms with E-state index in [0.717, 1.165) is 36.1 Å². The maximum absolute atomic E-state index is 14.0. The Kier molecular flexibility index (Phi) is 4.96. The van der Waals surface area contributed by atoms with Gasteiger partial charge in [0.2, 0.25) is 0 Å². The number of nitrogens with zero attached hydrogens (tertiary/aromatic N) is 3. The average molecular weight is 334 g/mol. The van der Waals surface area contributed by atoms with Gasteiger partial charge < -0.3 is 10.2 Å². The third kappa shape index (κ3) is 3.35. The van der Waals surface area contributed by atoms with Crippen molar-refractivity contribution in [3.8, 4) is 5.69 Å². The fourth-order valence-electron chi connectivity index (χ4n) is 3.42. The molecule has 6 heteroatoms. The lowest BCUT2D eigenvalue weighted by atomic mass is 10.1. The molecule has 1 aromatic carbocycles. The minimum Gasteiger partial charge on any atom is -0.311 e. The largest absolute Gasteiger partial charge is 0.311 e. The molecule has 4 nitrogen and oxygen atoms in total. The first-order valence-corrected chi connectivity index (χ1v) is 8.39. The van der Waals surface area contributed by atoms with E-state index in [1.807, 2.05) is 13.8 Å². The normalized spacial score (nSPS) is 18.5. The Morgan fingerprint density at radius 2 is 2.08 bits per heavy atom. The maximum atomic E-state index is 14.0. The van der Waals surface area contributed by atoms with Gasteiger partial charge in [-0.2, -0.15) is 5.10 Å². The van der Waals surface area contributed by atoms with Gasteiger partial charge in [0.05, 0.1) is 5.69 Å². The second-order valence-corrected chi connectivity index (χ2v) is 6.56. The van der Waals surface area contributed by atoms with Gasteiger partial charge in [0, 0.05) is 36.5 Å². The zero-order valence-corrected chi connectivity index (χ0v) is 14.4. The number of rotatable bonds is 5. The van der Waals surface area contributed by atoms with Crippen molar-refractivity contribution in [1.82, 2.24) is 20.0 Å². The van der Waals surface area contributed by atoms with Crippen LogP contribution in [0.1, 0.15) is 29.8 Å². The molecule has 2 aromatic rings. The number of benzene rings is 1. The first-order valence-electron chi connectivity index (χ1n) is 8.39. The van der Waals surface area contributed by atoms with E-state index in [1.54, 1.807) is 4.68 Å². The standard InChI is InChI=1S/C18H24F2N4/c1-12-16(11-21-10-15-5-4-8-23(15)3)13(2)24(22-12)18-7-6-14(19)9-17(18)20/h6-7,9,15,21H,4-5,8,10-11H2,1-3H3. The molecule has 1 aliphatic heterocycles. The summed E-state index contributed by atoms with van der Waals surface area (Å²) in [5.74, 6) is -1.19. The second-order valence-electron chi connectivity index (χ2n) is 6.56. The van der Waals surface area contributed by atoms with Crippen LogP contribution in [0.2, 0.25) is 0 Å². The molecule has 1 N–H and O–H groups in total. The van der Waals surface area contributed by atoms with Gasteiger partial charge in [-0.15, -0.1) is 0 Å². The van der Waals surface area contributed by atoms with Gasteiger partial charge in [-0.3, -0.25) is 0 Å². The van der Waals surface area contributed by atoms with Crippen molar-refractivity contribution >= 4 is 0 Å². The number of likely N-dealkylation sites (tertiary alicyclic amines) is 1. The van der Waals surface area contributed by atoms with Gasteiger partial charge in [0.15, 0.2) is 5.82 Å². The van der Waals surface area contributed by atoms with Crippen molar-refractivity contribution in [1.29, 1.82) is 0 Å². The third-order valence-electron chi connectivity index (χ3n) is 4.93. The molecule has 3 rings (SSSR count). The number of aromatic nitrogens is 2. The van der Waals surface area contributed by atoms with E-state index in [4.69, 9.17) is 0 Å². The monoisotopic (exact) mass is 334 g/mol. The van der Waals surface area contributed by atoms with Crippen LogP contribution in [0.3, 0.4) is 0 Å². The van der Waals surface area contributed by atoms with Crippen LogP contribution in [0, 0.1) is 25.5 Å². The second kappa shape index (κ2) is 6.99. The van der Waals surface area contributed by atoms with E-state index in [9.17, 15) is 8.78 Å². The smallest absolute Gasteiger partial charge is 0.151 e. The zero-order chi connectivity index (χ0) is 17.3. The van der Waals surface area contributed by atoms with Crippen LogP contribution in [-0.4, -0.2) is 40.9 Å². The summed E-state index contributed by atoms with van der Waals surface area (Å²) in [6.45, 7) is 6.63. The summed E-state index contributed by atoms with van der Waals surface area (Å²) >= 11 is 0. The predicted molar refractivity (Wildman–Crippen MR) is 90.3 cm³/mol. The molecule has 130 valence electrons. The van der Waals surface area contributed by atoms with Crippen molar-refractivity contribution in [3.63, 3.8) is 0 Å². The molecule has 24 heavy (non-hydrogen) atoms. The molecule has 0 radical (unpaired) electrons. The quantitative estimate of drug-likeness (QED) is 0.913. The van der Waals surface area contributed by atoms with Gasteiger partial charge in [0.1, 0.15) is 11.5 Å². The molecule has 1 unspecified atom stereocenters. The van der Waals surface area contributed by atoms with E-state index in [1.165, 1.54) is 25.0 Å². The summed E-state index contributed by atoms with van der Waals surface area (Å²) in [6.07, 6.45) is 2.48. The summed E-state index contributed by atoms with van der Waals surface area (Å²) in [7, 11) is 2.16. The van der Waals surface area contributed by atoms with Crippen LogP contribution in [0.4, 0.5) is 8.78 Å². The van der Waals surface area contributed by atoms with Gasteiger partial charge in [0.25, 0.3) is 0 Å². The van der Waals surface area contributed by atoms with Gasteiger partial charge in [-0.1, -0.05) is 0 Å². The molecule has 0 amide bonds. The number of hydrogen-bond acceptors (Lipinski definition) is 3. The number of halogens is 2. The molecule has 0 aliphatic carbocycles. The predicted octanol–water partition coefficient (Wildman–Crippen LogP) is 2.95. The highest BCUT2D eigenvalue weighted by Crippen LogP contribution is 2.21. The molecule has 2 heterocycles. The summed E-state index contributed by atoms with van der Waals surface area (Å²) in [4.78, 5) is 2.38. The summed E-state index contributed by atoms with van der Waals surface area (Å²) in [5.41, 5.74) is 3.09. The SMILES string of the molecule is Cc1nn(-c2ccc(F)cc2F)c(C)c1CNCC1CCCN1C. The zero-order valence-electron chi connectivity index (χ0n) is 14.4. The Hall–Kier alpha value is -1.79. The molecular formula is C18H24F2N4. The van der Waals surface area contributed by atoms with Crippen LogP contribution in [0.5, 0.6) is 0 Å². The maximum Gasteiger partial charge on any atom is 0.151 e. The minimum atomic E-state index is -0.604. The van der Waals surface area contributed by atoms with Crippen LogP contribution in [0.15, 0.2) is 18.2 Å². The van der Waals surface area contributed by atoms with Crippen molar-refractivity contribution in [3.05, 3.63) is 46.8 Å². The molecule has 0 spiro atoms. The van der Waals surface area contributed by atoms with E-state index in [-0.39, 0.29) is 5.69 Å². The van der Waals surface area contributed by atoms with Gasteiger partial charge in [-0.05, 0) is 52.4 Å². The topological polar surface area (TPSA) is 33.1 Å². The van der Waals surface area contributed by atoms with Crippen molar-refractivity contribution in [2.45, 2.75) is 39.3 Å². The Morgan fingerprint density at radius 3 is 2.75 bits per heavy atom. The van der Waals surface area contributed by atoms with E-state index in [2.05, 4.69) is 22.4 Å². The third-order valence-corrected chi connectivity index (χ3v) is 4.93. The number of aryl methyl sites for hydroxylation is 1. The molecule has 0 bridgehead atoms. The molecule has 1 fully saturated rings. The summed E-state index contributed by atoms with van der Waals surface area (Å²) < 4.78 is 28.7. The van der Waals surface area contributed by atoms with E-state index in [0.29, 0.717) is 12.6 Å². The van der Waals surface area contributed by atoms with Crippen LogP contribution in [0.25, 0.3) is 5.69 Å². The number of hydrogen-bond donors (Lipinski definition) is 1. The van der Waals surface area contributed by atoms with Crippen molar-refractivity contribution in [2.75, 3.05) is 20.1 Å². The molecule has 1 aliphatic rings. The molecular weight excluding hydrogens is 310 g/mol. The number of likely N-dealkylation sites (N-methyl/N-ethyl adjacent to an activating group) is 1. The molecule has 1 aromatic heterocycles. The van der Waals surface area contributed by atoms with Crippen LogP contribution < -0.4 is 5.32 Å². The fraction of sp³-hybridized carbons (Fsp3) is 0.500. The molecule has 0 saturated carbocycles. The Balaban J connectivity index is 1.74. The van der Waals surface area contributed by atoms with Crippen molar-refractivity contribution in [2.24, 2.45) is 0 Å². The van der Waals surface area contributed by atoms with E-state index >= 15 is 0 Å². The van der Waals surface area contributed by atoms with Crippen molar-refractivity contribution < 1.29 is 8.78 Å². The fourth-order valence-corrected chi connectivity index (χ4v) is 3.42. The lowest BCUT2D eigenvalue weighted by Gasteiger charge is -2.19. The minimum absolute atomic E-state index is 0.277. The Bertz CT molecular complexity index is 726. The highest BCUT2D eigenvalue weighted by atomic mass is 19.1. The van der Waals surface area contributed by atoms with Crippen LogP contribution in [-0.2, 0) is 6.54 Å². The average Bonchev–Trinajstić information content (AvgIpc) is 3.05. The first-order chi connectivity index (χ1) is 11.5. The Labute approximate surface area is 141 Å². The van der Waals surface area contributed by atoms with Gasteiger partial charge in [-0.25, -0.2) is 13.5 Å². The lowest BCUT2D eigenvalue weighted by molar-refractivity contribution is 0.300. The summed E-state index contributed by atoms with van der Waals surface area (Å²) in [6, 6.07) is 4.15. The summed E-state index contributed by atoms with van der Waals surface area (Å²) in [5, 5.41) is 7.94.